The van der Waals surface area contributed by atoms with E-state index in [1.165, 1.54) is 35.6 Å². The Labute approximate surface area is 245 Å². The number of fused-ring (bicyclic) bond motifs is 2. The maximum absolute atomic E-state index is 12.6. The maximum Gasteiger partial charge on any atom is 0.261 e. The van der Waals surface area contributed by atoms with Crippen LogP contribution in [0.2, 0.25) is 0 Å². The smallest absolute Gasteiger partial charge is 0.261 e. The van der Waals surface area contributed by atoms with E-state index in [9.17, 15) is 26.4 Å². The molecule has 4 heterocycles. The average molecular weight is 627 g/mol. The number of nitrogens with one attached hydrogen (secondary N) is 3. The monoisotopic (exact) mass is 626 g/mol. The Kier molecular flexibility index (Phi) is 10.1. The van der Waals surface area contributed by atoms with Crippen LogP contribution in [0.25, 0.3) is 0 Å². The third-order valence-electron chi connectivity index (χ3n) is 7.13. The quantitative estimate of drug-likeness (QED) is 0.420. The first-order valence-electron chi connectivity index (χ1n) is 13.2. The molecule has 2 fully saturated rings. The summed E-state index contributed by atoms with van der Waals surface area (Å²) in [5.74, 6) is -0.224. The summed E-state index contributed by atoms with van der Waals surface area (Å²) in [6.45, 7) is 7.24. The van der Waals surface area contributed by atoms with Crippen LogP contribution >= 0.6 is 10.7 Å². The number of hydrogen-bond acceptors (Lipinski definition) is 9. The van der Waals surface area contributed by atoms with Gasteiger partial charge in [-0.3, -0.25) is 9.59 Å². The van der Waals surface area contributed by atoms with Crippen molar-refractivity contribution in [2.24, 2.45) is 0 Å². The highest BCUT2D eigenvalue weighted by Gasteiger charge is 2.29. The second kappa shape index (κ2) is 13.2. The number of nitrogens with zero attached hydrogens (tertiary/aromatic N) is 3. The first-order valence-corrected chi connectivity index (χ1v) is 17.0. The summed E-state index contributed by atoms with van der Waals surface area (Å²) in [5.41, 5.74) is 2.79. The van der Waals surface area contributed by atoms with Gasteiger partial charge in [0.25, 0.3) is 9.05 Å². The molecule has 0 aliphatic carbocycles. The lowest BCUT2D eigenvalue weighted by molar-refractivity contribution is -0.115. The standard InChI is InChI=1S/C13H17N3O3S.C8H6ClNO3S.C5H12N2/c1-15-4-6-16(7-5-15)20(18,19)11-2-3-12-10(8-11)9-13(17)14-12;9-14(12,13)6-1-2-7-5(3-6)4-8(11)10-7;1-7-4-2-6-3-5-7/h2-3,8H,4-7,9H2,1H3,(H,14,17);1-3H,4H2,(H,10,11);6H,2-5H2,1H3. The molecule has 6 rings (SSSR count). The molecule has 2 amide bonds. The minimum Gasteiger partial charge on any atom is -0.326 e. The molecule has 2 saturated heterocycles. The molecule has 0 spiro atoms. The summed E-state index contributed by atoms with van der Waals surface area (Å²) in [5, 5.41) is 8.58. The van der Waals surface area contributed by atoms with E-state index in [0.29, 0.717) is 30.0 Å². The Bertz CT molecular complexity index is 1500. The van der Waals surface area contributed by atoms with Gasteiger partial charge in [0.1, 0.15) is 0 Å². The number of anilines is 2. The van der Waals surface area contributed by atoms with Gasteiger partial charge in [-0.05, 0) is 61.6 Å². The van der Waals surface area contributed by atoms with Crippen LogP contribution in [-0.4, -0.2) is 109 Å². The Morgan fingerprint density at radius 2 is 1.15 bits per heavy atom. The van der Waals surface area contributed by atoms with Crippen molar-refractivity contribution in [3.8, 4) is 0 Å². The van der Waals surface area contributed by atoms with Crippen molar-refractivity contribution < 1.29 is 26.4 Å². The van der Waals surface area contributed by atoms with Gasteiger partial charge in [0.15, 0.2) is 0 Å². The third-order valence-corrected chi connectivity index (χ3v) is 10.4. The molecule has 3 N–H and O–H groups in total. The van der Waals surface area contributed by atoms with Crippen LogP contribution in [0.5, 0.6) is 0 Å². The minimum atomic E-state index is -3.71. The van der Waals surface area contributed by atoms with Crippen molar-refractivity contribution in [3.05, 3.63) is 47.5 Å². The third kappa shape index (κ3) is 8.25. The first kappa shape index (κ1) is 31.3. The first-order chi connectivity index (χ1) is 19.3. The zero-order chi connectivity index (χ0) is 29.8. The van der Waals surface area contributed by atoms with Gasteiger partial charge in [0.2, 0.25) is 21.8 Å². The summed E-state index contributed by atoms with van der Waals surface area (Å²) < 4.78 is 48.6. The van der Waals surface area contributed by atoms with Crippen LogP contribution < -0.4 is 16.0 Å². The number of likely N-dealkylation sites (N-methyl/N-ethyl adjacent to an activating group) is 2. The van der Waals surface area contributed by atoms with Gasteiger partial charge in [0, 0.05) is 74.4 Å². The van der Waals surface area contributed by atoms with Crippen molar-refractivity contribution >= 4 is 52.9 Å². The van der Waals surface area contributed by atoms with Crippen LogP contribution in [0.4, 0.5) is 11.4 Å². The van der Waals surface area contributed by atoms with Crippen LogP contribution in [0.1, 0.15) is 11.1 Å². The lowest BCUT2D eigenvalue weighted by Crippen LogP contribution is -2.47. The summed E-state index contributed by atoms with van der Waals surface area (Å²) in [4.78, 5) is 27.0. The maximum atomic E-state index is 12.6. The van der Waals surface area contributed by atoms with Gasteiger partial charge in [-0.1, -0.05) is 0 Å². The van der Waals surface area contributed by atoms with Gasteiger partial charge < -0.3 is 25.8 Å². The van der Waals surface area contributed by atoms with Gasteiger partial charge in [-0.2, -0.15) is 4.31 Å². The summed E-state index contributed by atoms with van der Waals surface area (Å²) in [7, 11) is 2.13. The summed E-state index contributed by atoms with van der Waals surface area (Å²) in [6.07, 6.45) is 0.455. The molecule has 4 aliphatic heterocycles. The number of sulfonamides is 1. The zero-order valence-electron chi connectivity index (χ0n) is 23.0. The zero-order valence-corrected chi connectivity index (χ0v) is 25.4. The molecule has 0 unspecified atom stereocenters. The number of benzene rings is 2. The van der Waals surface area contributed by atoms with E-state index in [0.717, 1.165) is 31.7 Å². The number of rotatable bonds is 3. The Morgan fingerprint density at radius 3 is 1.61 bits per heavy atom. The molecule has 41 heavy (non-hydrogen) atoms. The average Bonchev–Trinajstić information content (AvgIpc) is 3.49. The fourth-order valence-electron chi connectivity index (χ4n) is 4.68. The number of carbonyl (C=O) groups excluding carboxylic acids is 2. The van der Waals surface area contributed by atoms with Crippen molar-refractivity contribution in [1.82, 2.24) is 19.4 Å². The molecule has 12 nitrogen and oxygen atoms in total. The largest absolute Gasteiger partial charge is 0.326 e. The molecule has 0 saturated carbocycles. The highest BCUT2D eigenvalue weighted by Crippen LogP contribution is 2.28. The molecule has 0 aromatic heterocycles. The predicted molar refractivity (Wildman–Crippen MR) is 157 cm³/mol. The number of carbonyl (C=O) groups is 2. The molecule has 0 bridgehead atoms. The van der Waals surface area contributed by atoms with E-state index >= 15 is 0 Å². The lowest BCUT2D eigenvalue weighted by Gasteiger charge is -2.31. The fraction of sp³-hybridized carbons (Fsp3) is 0.462. The van der Waals surface area contributed by atoms with Crippen molar-refractivity contribution in [3.63, 3.8) is 0 Å². The highest BCUT2D eigenvalue weighted by molar-refractivity contribution is 8.13. The van der Waals surface area contributed by atoms with E-state index in [2.05, 4.69) is 32.8 Å². The Hall–Kier alpha value is -2.59. The molecular weight excluding hydrogens is 592 g/mol. The second-order valence-electron chi connectivity index (χ2n) is 10.3. The molecule has 0 radical (unpaired) electrons. The topological polar surface area (TPSA) is 148 Å². The fourth-order valence-corrected chi connectivity index (χ4v) is 6.95. The van der Waals surface area contributed by atoms with Crippen molar-refractivity contribution in [2.45, 2.75) is 22.6 Å². The normalized spacial score (nSPS) is 19.6. The van der Waals surface area contributed by atoms with Crippen LogP contribution in [-0.2, 0) is 41.5 Å². The molecule has 2 aromatic rings. The number of halogens is 1. The van der Waals surface area contributed by atoms with Gasteiger partial charge in [-0.25, -0.2) is 16.8 Å². The Balaban J connectivity index is 0.000000159. The number of hydrogen-bond donors (Lipinski definition) is 3. The van der Waals surface area contributed by atoms with E-state index in [1.54, 1.807) is 18.2 Å². The summed E-state index contributed by atoms with van der Waals surface area (Å²) >= 11 is 0. The van der Waals surface area contributed by atoms with Gasteiger partial charge >= 0.3 is 0 Å². The van der Waals surface area contributed by atoms with Gasteiger partial charge in [0.05, 0.1) is 22.6 Å². The second-order valence-corrected chi connectivity index (χ2v) is 14.8. The minimum absolute atomic E-state index is 0.0226. The molecule has 0 atom stereocenters. The number of amides is 2. The molecular formula is C26H35ClN6O6S2. The van der Waals surface area contributed by atoms with Crippen LogP contribution in [0.3, 0.4) is 0 Å². The Morgan fingerprint density at radius 1 is 0.683 bits per heavy atom. The van der Waals surface area contributed by atoms with E-state index < -0.39 is 19.1 Å². The van der Waals surface area contributed by atoms with Crippen molar-refractivity contribution in [1.29, 1.82) is 0 Å². The van der Waals surface area contributed by atoms with E-state index in [1.807, 2.05) is 7.05 Å². The lowest BCUT2D eigenvalue weighted by atomic mass is 10.2. The molecule has 15 heteroatoms. The van der Waals surface area contributed by atoms with Crippen LogP contribution in [0.15, 0.2) is 46.2 Å². The van der Waals surface area contributed by atoms with E-state index in [4.69, 9.17) is 10.7 Å². The highest BCUT2D eigenvalue weighted by atomic mass is 35.7. The predicted octanol–water partition coefficient (Wildman–Crippen LogP) is 0.747. The number of piperazine rings is 2. The van der Waals surface area contributed by atoms with E-state index in [-0.39, 0.29) is 34.4 Å². The van der Waals surface area contributed by atoms with Crippen molar-refractivity contribution in [2.75, 3.05) is 77.1 Å². The van der Waals surface area contributed by atoms with Crippen LogP contribution in [0, 0.1) is 0 Å². The SMILES string of the molecule is CN1CCN(S(=O)(=O)c2ccc3c(c2)CC(=O)N3)CC1.CN1CCNCC1.O=C1Cc2cc(S(=O)(=O)Cl)ccc2N1. The molecule has 2 aromatic carbocycles. The summed E-state index contributed by atoms with van der Waals surface area (Å²) in [6, 6.07) is 9.17. The van der Waals surface area contributed by atoms with Gasteiger partial charge in [-0.15, -0.1) is 0 Å². The molecule has 4 aliphatic rings. The molecule has 224 valence electrons.